The van der Waals surface area contributed by atoms with Crippen LogP contribution in [0.5, 0.6) is 0 Å². The second-order valence-electron chi connectivity index (χ2n) is 6.25. The number of anilines is 1. The molecule has 0 aromatic heterocycles. The van der Waals surface area contributed by atoms with Crippen molar-refractivity contribution in [2.24, 2.45) is 5.92 Å². The van der Waals surface area contributed by atoms with Crippen LogP contribution < -0.4 is 5.32 Å². The van der Waals surface area contributed by atoms with Gasteiger partial charge in [0.25, 0.3) is 0 Å². The molecular formula is C19H19Cl2IN2O. The van der Waals surface area contributed by atoms with Gasteiger partial charge in [0, 0.05) is 37.3 Å². The molecule has 0 radical (unpaired) electrons. The summed E-state index contributed by atoms with van der Waals surface area (Å²) in [5, 5.41) is 4.42. The molecule has 1 fully saturated rings. The molecule has 1 amide bonds. The van der Waals surface area contributed by atoms with Crippen LogP contribution in [0.4, 0.5) is 5.69 Å². The molecule has 3 rings (SSSR count). The number of carbonyl (C=O) groups excluding carboxylic acids is 1. The van der Waals surface area contributed by atoms with E-state index in [4.69, 9.17) is 23.2 Å². The summed E-state index contributed by atoms with van der Waals surface area (Å²) >= 11 is 14.8. The molecule has 25 heavy (non-hydrogen) atoms. The third-order valence-corrected chi connectivity index (χ3v) is 5.94. The third kappa shape index (κ3) is 5.09. The molecule has 0 spiro atoms. The van der Waals surface area contributed by atoms with E-state index in [0.717, 1.165) is 47.3 Å². The van der Waals surface area contributed by atoms with Gasteiger partial charge < -0.3 is 5.32 Å². The van der Waals surface area contributed by atoms with Crippen molar-refractivity contribution in [3.63, 3.8) is 0 Å². The van der Waals surface area contributed by atoms with Gasteiger partial charge in [0.2, 0.25) is 5.91 Å². The maximum Gasteiger partial charge on any atom is 0.227 e. The molecule has 1 aliphatic heterocycles. The van der Waals surface area contributed by atoms with Crippen LogP contribution in [0, 0.1) is 9.49 Å². The predicted molar refractivity (Wildman–Crippen MR) is 112 cm³/mol. The largest absolute Gasteiger partial charge is 0.326 e. The van der Waals surface area contributed by atoms with E-state index in [1.165, 1.54) is 0 Å². The highest BCUT2D eigenvalue weighted by molar-refractivity contribution is 14.1. The van der Waals surface area contributed by atoms with Crippen LogP contribution in [0.25, 0.3) is 0 Å². The first-order valence-corrected chi connectivity index (χ1v) is 10.1. The van der Waals surface area contributed by atoms with Crippen LogP contribution in [0.3, 0.4) is 0 Å². The Labute approximate surface area is 171 Å². The Morgan fingerprint density at radius 3 is 2.28 bits per heavy atom. The van der Waals surface area contributed by atoms with E-state index in [2.05, 4.69) is 32.8 Å². The van der Waals surface area contributed by atoms with Gasteiger partial charge in [-0.3, -0.25) is 9.69 Å². The van der Waals surface area contributed by atoms with Gasteiger partial charge in [-0.1, -0.05) is 29.3 Å². The molecule has 2 aromatic carbocycles. The average Bonchev–Trinajstić information content (AvgIpc) is 2.61. The first kappa shape index (κ1) is 19.0. The molecule has 0 bridgehead atoms. The zero-order chi connectivity index (χ0) is 17.8. The second-order valence-corrected chi connectivity index (χ2v) is 8.31. The summed E-state index contributed by atoms with van der Waals surface area (Å²) in [5.74, 6) is 0.161. The highest BCUT2D eigenvalue weighted by atomic mass is 127. The predicted octanol–water partition coefficient (Wildman–Crippen LogP) is 5.45. The van der Waals surface area contributed by atoms with E-state index in [1.807, 2.05) is 42.5 Å². The number of piperidine rings is 1. The number of benzene rings is 2. The van der Waals surface area contributed by atoms with E-state index in [1.54, 1.807) is 0 Å². The first-order valence-electron chi connectivity index (χ1n) is 8.24. The Morgan fingerprint density at radius 2 is 1.68 bits per heavy atom. The smallest absolute Gasteiger partial charge is 0.227 e. The maximum absolute atomic E-state index is 12.5. The van der Waals surface area contributed by atoms with E-state index in [-0.39, 0.29) is 11.8 Å². The fourth-order valence-corrected chi connectivity index (χ4v) is 3.91. The van der Waals surface area contributed by atoms with Gasteiger partial charge >= 0.3 is 0 Å². The number of halogens is 3. The zero-order valence-electron chi connectivity index (χ0n) is 13.6. The van der Waals surface area contributed by atoms with Gasteiger partial charge in [0.15, 0.2) is 0 Å². The maximum atomic E-state index is 12.5. The van der Waals surface area contributed by atoms with Gasteiger partial charge in [-0.25, -0.2) is 0 Å². The molecule has 0 atom stereocenters. The highest BCUT2D eigenvalue weighted by Gasteiger charge is 2.25. The number of rotatable bonds is 4. The lowest BCUT2D eigenvalue weighted by atomic mass is 9.95. The minimum Gasteiger partial charge on any atom is -0.326 e. The van der Waals surface area contributed by atoms with Crippen LogP contribution >= 0.6 is 45.8 Å². The summed E-state index contributed by atoms with van der Waals surface area (Å²) in [4.78, 5) is 14.8. The third-order valence-electron chi connectivity index (χ3n) is 4.51. The summed E-state index contributed by atoms with van der Waals surface area (Å²) in [6.07, 6.45) is 1.69. The SMILES string of the molecule is O=C(Nc1ccc(I)cc1)C1CCN(Cc2c(Cl)cccc2Cl)CC1. The topological polar surface area (TPSA) is 32.3 Å². The Morgan fingerprint density at radius 1 is 1.08 bits per heavy atom. The molecular weight excluding hydrogens is 470 g/mol. The molecule has 1 aliphatic rings. The van der Waals surface area contributed by atoms with Crippen molar-refractivity contribution in [1.82, 2.24) is 4.90 Å². The van der Waals surface area contributed by atoms with Gasteiger partial charge in [-0.15, -0.1) is 0 Å². The van der Waals surface area contributed by atoms with E-state index < -0.39 is 0 Å². The van der Waals surface area contributed by atoms with Crippen molar-refractivity contribution in [3.8, 4) is 0 Å². The standard InChI is InChI=1S/C19H19Cl2IN2O/c20-17-2-1-3-18(21)16(17)12-24-10-8-13(9-11-24)19(25)23-15-6-4-14(22)5-7-15/h1-7,13H,8-12H2,(H,23,25). The average molecular weight is 489 g/mol. The lowest BCUT2D eigenvalue weighted by Gasteiger charge is -2.31. The van der Waals surface area contributed by atoms with Crippen molar-refractivity contribution in [2.75, 3.05) is 18.4 Å². The molecule has 132 valence electrons. The van der Waals surface area contributed by atoms with Crippen molar-refractivity contribution in [3.05, 3.63) is 61.6 Å². The minimum absolute atomic E-state index is 0.0530. The Hall–Kier alpha value is -0.820. The molecule has 2 aromatic rings. The lowest BCUT2D eigenvalue weighted by molar-refractivity contribution is -0.121. The van der Waals surface area contributed by atoms with E-state index in [9.17, 15) is 4.79 Å². The van der Waals surface area contributed by atoms with Crippen LogP contribution in [-0.2, 0) is 11.3 Å². The quantitative estimate of drug-likeness (QED) is 0.580. The van der Waals surface area contributed by atoms with Crippen LogP contribution in [-0.4, -0.2) is 23.9 Å². The van der Waals surface area contributed by atoms with Gasteiger partial charge in [0.1, 0.15) is 0 Å². The zero-order valence-corrected chi connectivity index (χ0v) is 17.3. The fourth-order valence-electron chi connectivity index (χ4n) is 3.04. The Bertz CT molecular complexity index is 723. The number of amides is 1. The minimum atomic E-state index is 0.0530. The molecule has 0 aliphatic carbocycles. The lowest BCUT2D eigenvalue weighted by Crippen LogP contribution is -2.37. The molecule has 0 unspecified atom stereocenters. The van der Waals surface area contributed by atoms with Crippen LogP contribution in [0.2, 0.25) is 10.0 Å². The van der Waals surface area contributed by atoms with Gasteiger partial charge in [-0.2, -0.15) is 0 Å². The van der Waals surface area contributed by atoms with Gasteiger partial charge in [-0.05, 0) is 84.9 Å². The summed E-state index contributed by atoms with van der Waals surface area (Å²) in [6.45, 7) is 2.46. The number of nitrogens with zero attached hydrogens (tertiary/aromatic N) is 1. The first-order chi connectivity index (χ1) is 12.0. The van der Waals surface area contributed by atoms with Gasteiger partial charge in [0.05, 0.1) is 0 Å². The molecule has 3 nitrogen and oxygen atoms in total. The summed E-state index contributed by atoms with van der Waals surface area (Å²) in [6, 6.07) is 13.4. The number of hydrogen-bond acceptors (Lipinski definition) is 2. The van der Waals surface area contributed by atoms with Crippen molar-refractivity contribution in [2.45, 2.75) is 19.4 Å². The van der Waals surface area contributed by atoms with Crippen LogP contribution in [0.15, 0.2) is 42.5 Å². The molecule has 1 heterocycles. The highest BCUT2D eigenvalue weighted by Crippen LogP contribution is 2.28. The van der Waals surface area contributed by atoms with Crippen molar-refractivity contribution in [1.29, 1.82) is 0 Å². The molecule has 1 saturated heterocycles. The summed E-state index contributed by atoms with van der Waals surface area (Å²) < 4.78 is 1.15. The summed E-state index contributed by atoms with van der Waals surface area (Å²) in [7, 11) is 0. The Kier molecular flexibility index (Phi) is 6.61. The number of hydrogen-bond donors (Lipinski definition) is 1. The van der Waals surface area contributed by atoms with Crippen molar-refractivity contribution >= 4 is 57.4 Å². The number of likely N-dealkylation sites (tertiary alicyclic amines) is 1. The Balaban J connectivity index is 1.53. The number of carbonyl (C=O) groups is 1. The fraction of sp³-hybridized carbons (Fsp3) is 0.316. The normalized spacial score (nSPS) is 16.0. The van der Waals surface area contributed by atoms with Crippen molar-refractivity contribution < 1.29 is 4.79 Å². The van der Waals surface area contributed by atoms with E-state index in [0.29, 0.717) is 10.0 Å². The number of nitrogens with one attached hydrogen (secondary N) is 1. The van der Waals surface area contributed by atoms with E-state index >= 15 is 0 Å². The monoisotopic (exact) mass is 488 g/mol. The molecule has 0 saturated carbocycles. The van der Waals surface area contributed by atoms with Crippen LogP contribution in [0.1, 0.15) is 18.4 Å². The molecule has 1 N–H and O–H groups in total. The second kappa shape index (κ2) is 8.71. The summed E-state index contributed by atoms with van der Waals surface area (Å²) in [5.41, 5.74) is 1.82. The molecule has 6 heteroatoms.